The summed E-state index contributed by atoms with van der Waals surface area (Å²) in [6.07, 6.45) is 0. The SMILES string of the molecule is Cc1cc(Nc2ccccc2)nc(N2CCN(S(=O)(=O)c3ccc(-c4ccccc4)cc3)CC2)n1. The van der Waals surface area contributed by atoms with Gasteiger partial charge < -0.3 is 10.2 Å². The fourth-order valence-electron chi connectivity index (χ4n) is 4.16. The minimum Gasteiger partial charge on any atom is -0.340 e. The van der Waals surface area contributed by atoms with Crippen molar-refractivity contribution in [3.05, 3.63) is 96.7 Å². The van der Waals surface area contributed by atoms with Crippen molar-refractivity contribution in [2.45, 2.75) is 11.8 Å². The molecule has 0 atom stereocenters. The quantitative estimate of drug-likeness (QED) is 0.426. The van der Waals surface area contributed by atoms with Crippen LogP contribution in [0, 0.1) is 6.92 Å². The normalized spacial score (nSPS) is 14.6. The van der Waals surface area contributed by atoms with Gasteiger partial charge in [-0.3, -0.25) is 0 Å². The van der Waals surface area contributed by atoms with Gasteiger partial charge in [0.05, 0.1) is 4.90 Å². The maximum atomic E-state index is 13.3. The topological polar surface area (TPSA) is 78.4 Å². The largest absolute Gasteiger partial charge is 0.340 e. The molecule has 0 amide bonds. The number of anilines is 3. The highest BCUT2D eigenvalue weighted by Gasteiger charge is 2.29. The Hall–Kier alpha value is -3.75. The number of benzene rings is 3. The van der Waals surface area contributed by atoms with Crippen LogP contribution in [0.15, 0.2) is 95.9 Å². The third-order valence-electron chi connectivity index (χ3n) is 6.01. The van der Waals surface area contributed by atoms with Gasteiger partial charge in [-0.05, 0) is 42.3 Å². The number of nitrogens with one attached hydrogen (secondary N) is 1. The summed E-state index contributed by atoms with van der Waals surface area (Å²) in [5.74, 6) is 1.32. The number of aromatic nitrogens is 2. The van der Waals surface area contributed by atoms with E-state index in [-0.39, 0.29) is 0 Å². The van der Waals surface area contributed by atoms with Crippen molar-refractivity contribution in [1.82, 2.24) is 14.3 Å². The van der Waals surface area contributed by atoms with Crippen molar-refractivity contribution in [3.8, 4) is 11.1 Å². The zero-order chi connectivity index (χ0) is 24.3. The predicted molar refractivity (Wildman–Crippen MR) is 139 cm³/mol. The first-order valence-electron chi connectivity index (χ1n) is 11.6. The van der Waals surface area contributed by atoms with Gasteiger partial charge in [-0.25, -0.2) is 13.4 Å². The van der Waals surface area contributed by atoms with Crippen molar-refractivity contribution >= 4 is 27.5 Å². The average molecular weight is 486 g/mol. The Bertz CT molecular complexity index is 1390. The lowest BCUT2D eigenvalue weighted by molar-refractivity contribution is 0.382. The van der Waals surface area contributed by atoms with Crippen molar-refractivity contribution in [1.29, 1.82) is 0 Å². The van der Waals surface area contributed by atoms with Crippen LogP contribution < -0.4 is 10.2 Å². The number of sulfonamides is 1. The van der Waals surface area contributed by atoms with Gasteiger partial charge in [-0.1, -0.05) is 60.7 Å². The number of para-hydroxylation sites is 1. The van der Waals surface area contributed by atoms with E-state index in [1.54, 1.807) is 16.4 Å². The molecule has 178 valence electrons. The molecule has 1 N–H and O–H groups in total. The standard InChI is InChI=1S/C27H27N5O2S/c1-21-20-26(29-24-10-6-3-7-11-24)30-27(28-21)31-16-18-32(19-17-31)35(33,34)25-14-12-23(13-15-25)22-8-4-2-5-9-22/h2-15,20H,16-19H2,1H3,(H,28,29,30). The first-order chi connectivity index (χ1) is 17.0. The molecule has 35 heavy (non-hydrogen) atoms. The molecule has 1 aliphatic heterocycles. The number of piperazine rings is 1. The van der Waals surface area contributed by atoms with E-state index in [1.807, 2.05) is 90.7 Å². The molecule has 1 fully saturated rings. The molecule has 0 unspecified atom stereocenters. The molecule has 1 aliphatic rings. The lowest BCUT2D eigenvalue weighted by Gasteiger charge is -2.34. The molecule has 8 heteroatoms. The summed E-state index contributed by atoms with van der Waals surface area (Å²) in [7, 11) is -3.57. The Morgan fingerprint density at radius 3 is 2.00 bits per heavy atom. The minimum absolute atomic E-state index is 0.312. The number of hydrogen-bond acceptors (Lipinski definition) is 6. The maximum absolute atomic E-state index is 13.3. The van der Waals surface area contributed by atoms with Gasteiger partial charge in [0, 0.05) is 43.6 Å². The summed E-state index contributed by atoms with van der Waals surface area (Å²) >= 11 is 0. The van der Waals surface area contributed by atoms with Gasteiger partial charge in [-0.15, -0.1) is 0 Å². The highest BCUT2D eigenvalue weighted by molar-refractivity contribution is 7.89. The molecule has 0 bridgehead atoms. The van der Waals surface area contributed by atoms with Crippen molar-refractivity contribution in [3.63, 3.8) is 0 Å². The zero-order valence-corrected chi connectivity index (χ0v) is 20.3. The van der Waals surface area contributed by atoms with Crippen molar-refractivity contribution in [2.75, 3.05) is 36.4 Å². The molecule has 1 aromatic heterocycles. The van der Waals surface area contributed by atoms with Gasteiger partial charge in [0.2, 0.25) is 16.0 Å². The van der Waals surface area contributed by atoms with Crippen molar-refractivity contribution < 1.29 is 8.42 Å². The van der Waals surface area contributed by atoms with Crippen LogP contribution in [0.4, 0.5) is 17.5 Å². The van der Waals surface area contributed by atoms with Crippen LogP contribution in [0.25, 0.3) is 11.1 Å². The van der Waals surface area contributed by atoms with E-state index in [2.05, 4.69) is 15.3 Å². The van der Waals surface area contributed by atoms with Crippen LogP contribution in [-0.2, 0) is 10.0 Å². The zero-order valence-electron chi connectivity index (χ0n) is 19.5. The second-order valence-electron chi connectivity index (χ2n) is 8.47. The van der Waals surface area contributed by atoms with Crippen LogP contribution >= 0.6 is 0 Å². The van der Waals surface area contributed by atoms with Gasteiger partial charge in [0.15, 0.2) is 0 Å². The predicted octanol–water partition coefficient (Wildman–Crippen LogP) is 4.71. The summed E-state index contributed by atoms with van der Waals surface area (Å²) in [6.45, 7) is 3.73. The molecule has 3 aromatic carbocycles. The lowest BCUT2D eigenvalue weighted by Crippen LogP contribution is -2.49. The smallest absolute Gasteiger partial charge is 0.243 e. The monoisotopic (exact) mass is 485 g/mol. The Morgan fingerprint density at radius 2 is 1.34 bits per heavy atom. The summed E-state index contributed by atoms with van der Waals surface area (Å²) in [5, 5.41) is 3.31. The molecule has 7 nitrogen and oxygen atoms in total. The van der Waals surface area contributed by atoms with Gasteiger partial charge in [-0.2, -0.15) is 9.29 Å². The third-order valence-corrected chi connectivity index (χ3v) is 7.92. The van der Waals surface area contributed by atoms with E-state index in [0.717, 1.165) is 22.5 Å². The van der Waals surface area contributed by atoms with Gasteiger partial charge in [0.25, 0.3) is 0 Å². The van der Waals surface area contributed by atoms with E-state index in [9.17, 15) is 8.42 Å². The molecule has 2 heterocycles. The van der Waals surface area contributed by atoms with Crippen LogP contribution in [0.1, 0.15) is 5.69 Å². The Morgan fingerprint density at radius 1 is 0.743 bits per heavy atom. The summed E-state index contributed by atoms with van der Waals surface area (Å²) in [4.78, 5) is 11.6. The second kappa shape index (κ2) is 9.85. The number of nitrogens with zero attached hydrogens (tertiary/aromatic N) is 4. The molecular weight excluding hydrogens is 458 g/mol. The first-order valence-corrected chi connectivity index (χ1v) is 13.0. The van der Waals surface area contributed by atoms with E-state index in [0.29, 0.717) is 42.8 Å². The molecular formula is C27H27N5O2S. The van der Waals surface area contributed by atoms with Crippen LogP contribution in [0.2, 0.25) is 0 Å². The highest BCUT2D eigenvalue weighted by atomic mass is 32.2. The van der Waals surface area contributed by atoms with Crippen LogP contribution in [0.3, 0.4) is 0 Å². The molecule has 0 saturated carbocycles. The van der Waals surface area contributed by atoms with Gasteiger partial charge >= 0.3 is 0 Å². The van der Waals surface area contributed by atoms with Crippen LogP contribution in [0.5, 0.6) is 0 Å². The third kappa shape index (κ3) is 5.18. The Labute approximate surface area is 206 Å². The van der Waals surface area contributed by atoms with E-state index >= 15 is 0 Å². The maximum Gasteiger partial charge on any atom is 0.243 e. The molecule has 0 radical (unpaired) electrons. The second-order valence-corrected chi connectivity index (χ2v) is 10.4. The summed E-state index contributed by atoms with van der Waals surface area (Å²) in [5.41, 5.74) is 3.85. The number of hydrogen-bond donors (Lipinski definition) is 1. The Balaban J connectivity index is 1.27. The van der Waals surface area contributed by atoms with Gasteiger partial charge in [0.1, 0.15) is 5.82 Å². The van der Waals surface area contributed by atoms with E-state index < -0.39 is 10.0 Å². The molecule has 1 saturated heterocycles. The fraction of sp³-hybridized carbons (Fsp3) is 0.185. The Kier molecular flexibility index (Phi) is 6.48. The van der Waals surface area contributed by atoms with Crippen molar-refractivity contribution in [2.24, 2.45) is 0 Å². The molecule has 5 rings (SSSR count). The summed E-state index contributed by atoms with van der Waals surface area (Å²) < 4.78 is 28.1. The lowest BCUT2D eigenvalue weighted by atomic mass is 10.1. The fourth-order valence-corrected chi connectivity index (χ4v) is 5.58. The first kappa shape index (κ1) is 23.0. The average Bonchev–Trinajstić information content (AvgIpc) is 2.90. The minimum atomic E-state index is -3.57. The highest BCUT2D eigenvalue weighted by Crippen LogP contribution is 2.25. The van der Waals surface area contributed by atoms with E-state index in [4.69, 9.17) is 0 Å². The van der Waals surface area contributed by atoms with E-state index in [1.165, 1.54) is 0 Å². The molecule has 0 spiro atoms. The van der Waals surface area contributed by atoms with Crippen LogP contribution in [-0.4, -0.2) is 48.9 Å². The number of aryl methyl sites for hydroxylation is 1. The molecule has 0 aliphatic carbocycles. The number of rotatable bonds is 6. The summed E-state index contributed by atoms with van der Waals surface area (Å²) in [6, 6.07) is 28.8. The molecule has 4 aromatic rings.